The Morgan fingerprint density at radius 3 is 2.33 bits per heavy atom. The van der Waals surface area contributed by atoms with Gasteiger partial charge in [-0.2, -0.15) is 4.31 Å². The summed E-state index contributed by atoms with van der Waals surface area (Å²) in [6.07, 6.45) is 0. The number of methoxy groups -OCH3 is 1. The molecule has 2 rings (SSSR count). The van der Waals surface area contributed by atoms with Gasteiger partial charge in [0.1, 0.15) is 0 Å². The van der Waals surface area contributed by atoms with E-state index in [1.54, 1.807) is 18.2 Å². The van der Waals surface area contributed by atoms with Gasteiger partial charge >= 0.3 is 5.97 Å². The lowest BCUT2D eigenvalue weighted by atomic mass is 10.2. The molecule has 0 saturated heterocycles. The summed E-state index contributed by atoms with van der Waals surface area (Å²) in [6.45, 7) is 0.0699. The van der Waals surface area contributed by atoms with Crippen LogP contribution in [0.15, 0.2) is 47.4 Å². The zero-order valence-corrected chi connectivity index (χ0v) is 15.3. The minimum atomic E-state index is -3.74. The molecule has 2 aromatic carbocycles. The average molecular weight is 388 g/mol. The summed E-state index contributed by atoms with van der Waals surface area (Å²) in [6, 6.07) is 10.6. The molecule has 0 amide bonds. The Labute approximate surface area is 150 Å². The molecule has 0 bridgehead atoms. The highest BCUT2D eigenvalue weighted by Crippen LogP contribution is 2.27. The summed E-state index contributed by atoms with van der Waals surface area (Å²) in [5, 5.41) is 0.685. The van der Waals surface area contributed by atoms with Crippen molar-refractivity contribution in [3.63, 3.8) is 0 Å². The minimum absolute atomic E-state index is 0.0656. The first-order valence-electron chi connectivity index (χ1n) is 6.85. The molecule has 5 nitrogen and oxygen atoms in total. The first-order valence-corrected chi connectivity index (χ1v) is 9.04. The monoisotopic (exact) mass is 387 g/mol. The molecule has 24 heavy (non-hydrogen) atoms. The first-order chi connectivity index (χ1) is 11.3. The van der Waals surface area contributed by atoms with Crippen LogP contribution in [0.3, 0.4) is 0 Å². The maximum Gasteiger partial charge on any atom is 0.337 e. The summed E-state index contributed by atoms with van der Waals surface area (Å²) in [5.41, 5.74) is 0.874. The summed E-state index contributed by atoms with van der Waals surface area (Å²) in [4.78, 5) is 11.5. The number of rotatable bonds is 5. The van der Waals surface area contributed by atoms with E-state index in [1.165, 1.54) is 38.4 Å². The molecule has 0 unspecified atom stereocenters. The van der Waals surface area contributed by atoms with Crippen molar-refractivity contribution >= 4 is 39.2 Å². The van der Waals surface area contributed by atoms with Crippen molar-refractivity contribution < 1.29 is 17.9 Å². The van der Waals surface area contributed by atoms with Crippen LogP contribution < -0.4 is 0 Å². The van der Waals surface area contributed by atoms with E-state index in [2.05, 4.69) is 4.74 Å². The van der Waals surface area contributed by atoms with Gasteiger partial charge in [0.15, 0.2) is 0 Å². The van der Waals surface area contributed by atoms with Crippen LogP contribution in [0.5, 0.6) is 0 Å². The van der Waals surface area contributed by atoms with Gasteiger partial charge in [-0.25, -0.2) is 13.2 Å². The lowest BCUT2D eigenvalue weighted by Crippen LogP contribution is -2.26. The predicted molar refractivity (Wildman–Crippen MR) is 92.9 cm³/mol. The second-order valence-corrected chi connectivity index (χ2v) is 7.82. The number of benzene rings is 2. The van der Waals surface area contributed by atoms with E-state index in [1.807, 2.05) is 0 Å². The molecule has 0 heterocycles. The van der Waals surface area contributed by atoms with Crippen molar-refractivity contribution in [2.45, 2.75) is 11.4 Å². The standard InChI is InChI=1S/C16H15Cl2NO4S/c1-19(10-12-4-3-5-14(17)15(12)18)24(21,22)13-8-6-11(7-9-13)16(20)23-2/h3-9H,10H2,1-2H3. The lowest BCUT2D eigenvalue weighted by molar-refractivity contribution is 0.0600. The number of hydrogen-bond acceptors (Lipinski definition) is 4. The van der Waals surface area contributed by atoms with E-state index >= 15 is 0 Å². The van der Waals surface area contributed by atoms with Crippen LogP contribution in [0.1, 0.15) is 15.9 Å². The molecule has 0 fully saturated rings. The second-order valence-electron chi connectivity index (χ2n) is 4.99. The Hall–Kier alpha value is -1.60. The second kappa shape index (κ2) is 7.53. The Bertz CT molecular complexity index is 851. The quantitative estimate of drug-likeness (QED) is 0.735. The number of sulfonamides is 1. The van der Waals surface area contributed by atoms with E-state index in [-0.39, 0.29) is 17.0 Å². The van der Waals surface area contributed by atoms with Crippen LogP contribution in [0.2, 0.25) is 10.0 Å². The summed E-state index contributed by atoms with van der Waals surface area (Å²) < 4.78 is 31.0. The molecule has 0 radical (unpaired) electrons. The van der Waals surface area contributed by atoms with Gasteiger partial charge in [0, 0.05) is 13.6 Å². The van der Waals surface area contributed by atoms with Crippen molar-refractivity contribution in [3.05, 3.63) is 63.6 Å². The number of hydrogen-bond donors (Lipinski definition) is 0. The highest BCUT2D eigenvalue weighted by Gasteiger charge is 2.22. The molecule has 0 aromatic heterocycles. The molecule has 2 aromatic rings. The lowest BCUT2D eigenvalue weighted by Gasteiger charge is -2.18. The Balaban J connectivity index is 2.26. The van der Waals surface area contributed by atoms with Gasteiger partial charge in [-0.15, -0.1) is 0 Å². The fraction of sp³-hybridized carbons (Fsp3) is 0.188. The molecule has 8 heteroatoms. The average Bonchev–Trinajstić information content (AvgIpc) is 2.58. The van der Waals surface area contributed by atoms with Gasteiger partial charge in [-0.1, -0.05) is 35.3 Å². The molecule has 128 valence electrons. The molecule has 0 aliphatic heterocycles. The zero-order chi connectivity index (χ0) is 17.9. The van der Waals surface area contributed by atoms with E-state index in [9.17, 15) is 13.2 Å². The normalized spacial score (nSPS) is 11.5. The molecule has 0 aliphatic rings. The molecule has 0 atom stereocenters. The van der Waals surface area contributed by atoms with Crippen LogP contribution in [0.25, 0.3) is 0 Å². The maximum atomic E-state index is 12.6. The Morgan fingerprint density at radius 2 is 1.75 bits per heavy atom. The SMILES string of the molecule is COC(=O)c1ccc(S(=O)(=O)N(C)Cc2cccc(Cl)c2Cl)cc1. The van der Waals surface area contributed by atoms with Gasteiger partial charge in [0.05, 0.1) is 27.6 Å². The third kappa shape index (κ3) is 3.89. The number of nitrogens with zero attached hydrogens (tertiary/aromatic N) is 1. The topological polar surface area (TPSA) is 63.7 Å². The fourth-order valence-electron chi connectivity index (χ4n) is 2.06. The van der Waals surface area contributed by atoms with Gasteiger partial charge in [-0.3, -0.25) is 0 Å². The van der Waals surface area contributed by atoms with E-state index in [0.29, 0.717) is 15.6 Å². The smallest absolute Gasteiger partial charge is 0.337 e. The molecule has 0 saturated carbocycles. The van der Waals surface area contributed by atoms with Gasteiger partial charge in [0.2, 0.25) is 10.0 Å². The largest absolute Gasteiger partial charge is 0.465 e. The Kier molecular flexibility index (Phi) is 5.87. The van der Waals surface area contributed by atoms with E-state index < -0.39 is 16.0 Å². The summed E-state index contributed by atoms with van der Waals surface area (Å²) >= 11 is 12.0. The van der Waals surface area contributed by atoms with Crippen LogP contribution in [-0.4, -0.2) is 32.8 Å². The van der Waals surface area contributed by atoms with Crippen LogP contribution in [-0.2, 0) is 21.3 Å². The number of ether oxygens (including phenoxy) is 1. The molecule has 0 spiro atoms. The highest BCUT2D eigenvalue weighted by atomic mass is 35.5. The molecular formula is C16H15Cl2NO4S. The zero-order valence-electron chi connectivity index (χ0n) is 13.0. The summed E-state index contributed by atoms with van der Waals surface area (Å²) in [5.74, 6) is -0.530. The number of carbonyl (C=O) groups is 1. The molecular weight excluding hydrogens is 373 g/mol. The number of halogens is 2. The van der Waals surface area contributed by atoms with Gasteiger partial charge in [0.25, 0.3) is 0 Å². The van der Waals surface area contributed by atoms with Gasteiger partial charge in [-0.05, 0) is 35.9 Å². The van der Waals surface area contributed by atoms with Gasteiger partial charge < -0.3 is 4.74 Å². The number of esters is 1. The first kappa shape index (κ1) is 18.7. The van der Waals surface area contributed by atoms with Crippen molar-refractivity contribution in [1.82, 2.24) is 4.31 Å². The van der Waals surface area contributed by atoms with Crippen LogP contribution >= 0.6 is 23.2 Å². The van der Waals surface area contributed by atoms with E-state index in [4.69, 9.17) is 23.2 Å². The summed E-state index contributed by atoms with van der Waals surface area (Å²) in [7, 11) is -1.03. The van der Waals surface area contributed by atoms with Crippen molar-refractivity contribution in [3.8, 4) is 0 Å². The van der Waals surface area contributed by atoms with E-state index in [0.717, 1.165) is 4.31 Å². The Morgan fingerprint density at radius 1 is 1.12 bits per heavy atom. The molecule has 0 N–H and O–H groups in total. The number of carbonyl (C=O) groups excluding carboxylic acids is 1. The van der Waals surface area contributed by atoms with Crippen molar-refractivity contribution in [1.29, 1.82) is 0 Å². The minimum Gasteiger partial charge on any atom is -0.465 e. The highest BCUT2D eigenvalue weighted by molar-refractivity contribution is 7.89. The third-order valence-electron chi connectivity index (χ3n) is 3.41. The fourth-order valence-corrected chi connectivity index (χ4v) is 3.59. The predicted octanol–water partition coefficient (Wildman–Crippen LogP) is 3.60. The van der Waals surface area contributed by atoms with Crippen molar-refractivity contribution in [2.75, 3.05) is 14.2 Å². The third-order valence-corrected chi connectivity index (χ3v) is 6.08. The van der Waals surface area contributed by atoms with Crippen LogP contribution in [0, 0.1) is 0 Å². The molecule has 0 aliphatic carbocycles. The van der Waals surface area contributed by atoms with Crippen molar-refractivity contribution in [2.24, 2.45) is 0 Å². The maximum absolute atomic E-state index is 12.6. The van der Waals surface area contributed by atoms with Crippen LogP contribution in [0.4, 0.5) is 0 Å².